The summed E-state index contributed by atoms with van der Waals surface area (Å²) in [7, 11) is 1.70. The van der Waals surface area contributed by atoms with E-state index in [4.69, 9.17) is 0 Å². The van der Waals surface area contributed by atoms with Crippen LogP contribution < -0.4 is 5.69 Å². The van der Waals surface area contributed by atoms with Crippen molar-refractivity contribution in [2.45, 2.75) is 13.8 Å². The Morgan fingerprint density at radius 1 is 1.24 bits per heavy atom. The van der Waals surface area contributed by atoms with Crippen molar-refractivity contribution in [3.63, 3.8) is 0 Å². The van der Waals surface area contributed by atoms with Gasteiger partial charge in [0.15, 0.2) is 5.78 Å². The van der Waals surface area contributed by atoms with Crippen molar-refractivity contribution in [2.75, 3.05) is 0 Å². The average Bonchev–Trinajstić information content (AvgIpc) is 2.53. The molecule has 4 nitrogen and oxygen atoms in total. The summed E-state index contributed by atoms with van der Waals surface area (Å²) in [4.78, 5) is 23.5. The number of Topliss-reactive ketones (excluding diaryl/α,β-unsaturated/α-hetero) is 1. The molecule has 0 saturated carbocycles. The third kappa shape index (κ3) is 1.82. The molecule has 17 heavy (non-hydrogen) atoms. The van der Waals surface area contributed by atoms with Crippen LogP contribution in [0.2, 0.25) is 0 Å². The van der Waals surface area contributed by atoms with E-state index >= 15 is 0 Å². The summed E-state index contributed by atoms with van der Waals surface area (Å²) >= 11 is 0. The van der Waals surface area contributed by atoms with Gasteiger partial charge in [-0.25, -0.2) is 4.79 Å². The second-order valence-corrected chi connectivity index (χ2v) is 4.07. The predicted molar refractivity (Wildman–Crippen MR) is 65.8 cm³/mol. The van der Waals surface area contributed by atoms with Crippen LogP contribution in [0.25, 0.3) is 5.69 Å². The quantitative estimate of drug-likeness (QED) is 0.737. The van der Waals surface area contributed by atoms with Gasteiger partial charge in [0.2, 0.25) is 0 Å². The molecule has 1 aromatic heterocycles. The van der Waals surface area contributed by atoms with Gasteiger partial charge in [0.05, 0.1) is 5.69 Å². The van der Waals surface area contributed by atoms with Gasteiger partial charge in [-0.3, -0.25) is 9.36 Å². The minimum absolute atomic E-state index is 0.0456. The Bertz CT molecular complexity index is 635. The van der Waals surface area contributed by atoms with Crippen LogP contribution in [0.4, 0.5) is 0 Å². The smallest absolute Gasteiger partial charge is 0.302 e. The average molecular weight is 230 g/mol. The van der Waals surface area contributed by atoms with E-state index in [2.05, 4.69) is 0 Å². The molecule has 1 aromatic carbocycles. The topological polar surface area (TPSA) is 44.0 Å². The number of aromatic nitrogens is 2. The molecule has 0 N–H and O–H groups in total. The van der Waals surface area contributed by atoms with Crippen LogP contribution in [-0.4, -0.2) is 14.9 Å². The molecule has 2 rings (SSSR count). The van der Waals surface area contributed by atoms with Gasteiger partial charge in [-0.15, -0.1) is 0 Å². The minimum Gasteiger partial charge on any atom is -0.302 e. The number of aryl methyl sites for hydroxylation is 2. The summed E-state index contributed by atoms with van der Waals surface area (Å²) in [5, 5.41) is 0. The number of hydrogen-bond donors (Lipinski definition) is 0. The Hall–Kier alpha value is -2.10. The lowest BCUT2D eigenvalue weighted by molar-refractivity contribution is 0.101. The summed E-state index contributed by atoms with van der Waals surface area (Å²) in [6, 6.07) is 7.13. The van der Waals surface area contributed by atoms with Crippen molar-refractivity contribution in [1.29, 1.82) is 0 Å². The van der Waals surface area contributed by atoms with E-state index in [0.29, 0.717) is 11.3 Å². The van der Waals surface area contributed by atoms with Crippen molar-refractivity contribution < 1.29 is 4.79 Å². The predicted octanol–water partition coefficient (Wildman–Crippen LogP) is 1.69. The molecule has 0 radical (unpaired) electrons. The fourth-order valence-corrected chi connectivity index (χ4v) is 1.96. The zero-order valence-corrected chi connectivity index (χ0v) is 10.1. The molecule has 0 aliphatic heterocycles. The highest BCUT2D eigenvalue weighted by atomic mass is 16.1. The molecule has 0 fully saturated rings. The zero-order chi connectivity index (χ0) is 12.6. The molecule has 0 unspecified atom stereocenters. The van der Waals surface area contributed by atoms with E-state index in [-0.39, 0.29) is 11.5 Å². The maximum absolute atomic E-state index is 12.0. The standard InChI is InChI=1S/C13H14N2O2/c1-9-8-14(3)13(17)15(9)12-7-5-4-6-11(12)10(2)16/h4-8H,1-3H3. The highest BCUT2D eigenvalue weighted by Gasteiger charge is 2.13. The van der Waals surface area contributed by atoms with Crippen LogP contribution in [0.1, 0.15) is 23.0 Å². The molecule has 2 aromatic rings. The summed E-state index contributed by atoms with van der Waals surface area (Å²) in [5.41, 5.74) is 1.87. The van der Waals surface area contributed by atoms with E-state index in [9.17, 15) is 9.59 Å². The third-order valence-corrected chi connectivity index (χ3v) is 2.75. The Kier molecular flexibility index (Phi) is 2.71. The maximum Gasteiger partial charge on any atom is 0.332 e. The number of nitrogens with zero attached hydrogens (tertiary/aromatic N) is 2. The van der Waals surface area contributed by atoms with Gasteiger partial charge < -0.3 is 4.57 Å². The molecular formula is C13H14N2O2. The van der Waals surface area contributed by atoms with Gasteiger partial charge in [-0.2, -0.15) is 0 Å². The highest BCUT2D eigenvalue weighted by molar-refractivity contribution is 5.97. The SMILES string of the molecule is CC(=O)c1ccccc1-n1c(C)cn(C)c1=O. The first-order valence-corrected chi connectivity index (χ1v) is 5.37. The first-order chi connectivity index (χ1) is 8.02. The maximum atomic E-state index is 12.0. The van der Waals surface area contributed by atoms with Gasteiger partial charge in [-0.05, 0) is 26.0 Å². The number of hydrogen-bond acceptors (Lipinski definition) is 2. The van der Waals surface area contributed by atoms with Crippen molar-refractivity contribution in [3.8, 4) is 5.69 Å². The summed E-state index contributed by atoms with van der Waals surface area (Å²) in [6.07, 6.45) is 1.75. The number of para-hydroxylation sites is 1. The normalized spacial score (nSPS) is 10.5. The van der Waals surface area contributed by atoms with E-state index in [1.165, 1.54) is 11.5 Å². The second-order valence-electron chi connectivity index (χ2n) is 4.07. The van der Waals surface area contributed by atoms with Crippen LogP contribution in [0.3, 0.4) is 0 Å². The summed E-state index contributed by atoms with van der Waals surface area (Å²) in [5.74, 6) is -0.0456. The van der Waals surface area contributed by atoms with Gasteiger partial charge in [0.1, 0.15) is 0 Å². The van der Waals surface area contributed by atoms with Crippen molar-refractivity contribution in [1.82, 2.24) is 9.13 Å². The lowest BCUT2D eigenvalue weighted by Gasteiger charge is -2.08. The lowest BCUT2D eigenvalue weighted by Crippen LogP contribution is -2.22. The number of carbonyl (C=O) groups excluding carboxylic acids is 1. The van der Waals surface area contributed by atoms with E-state index in [0.717, 1.165) is 5.69 Å². The van der Waals surface area contributed by atoms with E-state index < -0.39 is 0 Å². The van der Waals surface area contributed by atoms with E-state index in [1.54, 1.807) is 36.0 Å². The van der Waals surface area contributed by atoms with Crippen LogP contribution in [0.5, 0.6) is 0 Å². The number of benzene rings is 1. The Morgan fingerprint density at radius 2 is 1.88 bits per heavy atom. The number of rotatable bonds is 2. The van der Waals surface area contributed by atoms with Gasteiger partial charge in [0, 0.05) is 24.5 Å². The molecule has 0 aliphatic carbocycles. The molecule has 4 heteroatoms. The first kappa shape index (κ1) is 11.4. The molecule has 0 aliphatic rings. The number of ketones is 1. The number of imidazole rings is 1. The third-order valence-electron chi connectivity index (χ3n) is 2.75. The van der Waals surface area contributed by atoms with Crippen molar-refractivity contribution in [3.05, 3.63) is 52.2 Å². The Morgan fingerprint density at radius 3 is 2.41 bits per heavy atom. The summed E-state index contributed by atoms with van der Waals surface area (Å²) < 4.78 is 3.06. The largest absolute Gasteiger partial charge is 0.332 e. The second kappa shape index (κ2) is 4.05. The fraction of sp³-hybridized carbons (Fsp3) is 0.231. The summed E-state index contributed by atoms with van der Waals surface area (Å²) in [6.45, 7) is 3.35. The van der Waals surface area contributed by atoms with Gasteiger partial charge in [-0.1, -0.05) is 12.1 Å². The zero-order valence-electron chi connectivity index (χ0n) is 10.1. The molecule has 88 valence electrons. The molecule has 0 atom stereocenters. The minimum atomic E-state index is -0.142. The van der Waals surface area contributed by atoms with Crippen LogP contribution in [0, 0.1) is 6.92 Å². The Balaban J connectivity index is 2.77. The van der Waals surface area contributed by atoms with Gasteiger partial charge >= 0.3 is 5.69 Å². The lowest BCUT2D eigenvalue weighted by atomic mass is 10.1. The molecule has 1 heterocycles. The van der Waals surface area contributed by atoms with Gasteiger partial charge in [0.25, 0.3) is 0 Å². The molecule has 0 spiro atoms. The molecule has 0 amide bonds. The van der Waals surface area contributed by atoms with Crippen LogP contribution in [0.15, 0.2) is 35.3 Å². The van der Waals surface area contributed by atoms with E-state index in [1.807, 2.05) is 13.0 Å². The first-order valence-electron chi connectivity index (χ1n) is 5.37. The highest BCUT2D eigenvalue weighted by Crippen LogP contribution is 2.15. The van der Waals surface area contributed by atoms with Crippen molar-refractivity contribution in [2.24, 2.45) is 7.05 Å². The van der Waals surface area contributed by atoms with Crippen molar-refractivity contribution >= 4 is 5.78 Å². The Labute approximate surface area is 99.1 Å². The molecule has 0 bridgehead atoms. The van der Waals surface area contributed by atoms with Crippen LogP contribution >= 0.6 is 0 Å². The fourth-order valence-electron chi connectivity index (χ4n) is 1.96. The molecule has 0 saturated heterocycles. The molecular weight excluding hydrogens is 216 g/mol. The number of carbonyl (C=O) groups is 1. The van der Waals surface area contributed by atoms with Crippen LogP contribution in [-0.2, 0) is 7.05 Å². The monoisotopic (exact) mass is 230 g/mol.